The predicted molar refractivity (Wildman–Crippen MR) is 38.4 cm³/mol. The normalized spacial score (nSPS) is 14.6. The summed E-state index contributed by atoms with van der Waals surface area (Å²) in [5.74, 6) is 0.426. The molecule has 0 saturated carbocycles. The van der Waals surface area contributed by atoms with Gasteiger partial charge in [0.15, 0.2) is 0 Å². The van der Waals surface area contributed by atoms with Crippen LogP contribution < -0.4 is 5.48 Å². The lowest BCUT2D eigenvalue weighted by molar-refractivity contribution is 0.158. The highest BCUT2D eigenvalue weighted by molar-refractivity contribution is 4.85. The summed E-state index contributed by atoms with van der Waals surface area (Å²) in [7, 11) is 0. The minimum atomic E-state index is 0.426. The monoisotopic (exact) mass is 129 g/mol. The van der Waals surface area contributed by atoms with E-state index in [0.717, 1.165) is 6.42 Å². The fourth-order valence-electron chi connectivity index (χ4n) is 0.580. The van der Waals surface area contributed by atoms with Gasteiger partial charge in [-0.05, 0) is 12.3 Å². The molecule has 2 nitrogen and oxygen atoms in total. The van der Waals surface area contributed by atoms with E-state index in [0.29, 0.717) is 12.5 Å². The number of allylic oxidation sites excluding steroid dienone is 1. The third kappa shape index (κ3) is 5.53. The standard InChI is InChI=1S/C7H15NO/c1-3-4-5-7(2)6-8-9/h4-5,7-9H,3,6H2,1-2H3/b5-4-. The van der Waals surface area contributed by atoms with Crippen molar-refractivity contribution in [2.75, 3.05) is 6.54 Å². The molecule has 0 aromatic carbocycles. The molecule has 0 spiro atoms. The molecular formula is C7H15NO. The Morgan fingerprint density at radius 2 is 2.33 bits per heavy atom. The first kappa shape index (κ1) is 8.66. The molecule has 1 atom stereocenters. The van der Waals surface area contributed by atoms with Crippen molar-refractivity contribution in [1.82, 2.24) is 5.48 Å². The van der Waals surface area contributed by atoms with Gasteiger partial charge in [-0.2, -0.15) is 0 Å². The second-order valence-corrected chi connectivity index (χ2v) is 2.18. The Morgan fingerprint density at radius 1 is 1.67 bits per heavy atom. The van der Waals surface area contributed by atoms with Gasteiger partial charge in [0.1, 0.15) is 0 Å². The van der Waals surface area contributed by atoms with Gasteiger partial charge in [-0.15, -0.1) is 0 Å². The van der Waals surface area contributed by atoms with Gasteiger partial charge in [0.25, 0.3) is 0 Å². The first-order valence-corrected chi connectivity index (χ1v) is 3.34. The van der Waals surface area contributed by atoms with Gasteiger partial charge >= 0.3 is 0 Å². The van der Waals surface area contributed by atoms with Crippen LogP contribution in [0.25, 0.3) is 0 Å². The van der Waals surface area contributed by atoms with Crippen LogP contribution in [0, 0.1) is 5.92 Å². The van der Waals surface area contributed by atoms with Crippen molar-refractivity contribution >= 4 is 0 Å². The second-order valence-electron chi connectivity index (χ2n) is 2.18. The van der Waals surface area contributed by atoms with E-state index in [2.05, 4.69) is 31.5 Å². The van der Waals surface area contributed by atoms with Gasteiger partial charge in [-0.25, -0.2) is 5.48 Å². The fraction of sp³-hybridized carbons (Fsp3) is 0.714. The number of hydrogen-bond acceptors (Lipinski definition) is 2. The average molecular weight is 129 g/mol. The molecule has 0 aliphatic carbocycles. The molecule has 0 radical (unpaired) electrons. The summed E-state index contributed by atoms with van der Waals surface area (Å²) in [5.41, 5.74) is 2.13. The molecule has 0 rings (SSSR count). The highest BCUT2D eigenvalue weighted by Gasteiger charge is 1.91. The third-order valence-electron chi connectivity index (χ3n) is 1.11. The van der Waals surface area contributed by atoms with Crippen molar-refractivity contribution < 1.29 is 5.21 Å². The van der Waals surface area contributed by atoms with E-state index in [-0.39, 0.29) is 0 Å². The average Bonchev–Trinajstić information content (AvgIpc) is 1.85. The lowest BCUT2D eigenvalue weighted by Gasteiger charge is -2.01. The Balaban J connectivity index is 3.25. The summed E-state index contributed by atoms with van der Waals surface area (Å²) in [4.78, 5) is 0. The Kier molecular flexibility index (Phi) is 5.57. The summed E-state index contributed by atoms with van der Waals surface area (Å²) in [5, 5.41) is 8.25. The summed E-state index contributed by atoms with van der Waals surface area (Å²) in [6.45, 7) is 4.78. The van der Waals surface area contributed by atoms with Crippen LogP contribution in [-0.4, -0.2) is 11.8 Å². The Bertz CT molecular complexity index is 81.0. The Labute approximate surface area is 56.5 Å². The van der Waals surface area contributed by atoms with Crippen molar-refractivity contribution in [3.8, 4) is 0 Å². The Hall–Kier alpha value is -0.340. The first-order chi connectivity index (χ1) is 4.31. The first-order valence-electron chi connectivity index (χ1n) is 3.34. The molecule has 2 N–H and O–H groups in total. The van der Waals surface area contributed by atoms with Gasteiger partial charge in [-0.3, -0.25) is 0 Å². The molecule has 0 fully saturated rings. The van der Waals surface area contributed by atoms with Crippen LogP contribution in [0.1, 0.15) is 20.3 Å². The second kappa shape index (κ2) is 5.79. The summed E-state index contributed by atoms with van der Waals surface area (Å²) in [6, 6.07) is 0. The van der Waals surface area contributed by atoms with Crippen LogP contribution in [0.15, 0.2) is 12.2 Å². The van der Waals surface area contributed by atoms with E-state index < -0.39 is 0 Å². The summed E-state index contributed by atoms with van der Waals surface area (Å²) >= 11 is 0. The quantitative estimate of drug-likeness (QED) is 0.446. The molecule has 0 aromatic rings. The van der Waals surface area contributed by atoms with Gasteiger partial charge in [0.05, 0.1) is 0 Å². The molecule has 0 aliphatic rings. The maximum atomic E-state index is 8.25. The topological polar surface area (TPSA) is 32.3 Å². The van der Waals surface area contributed by atoms with Crippen molar-refractivity contribution in [3.63, 3.8) is 0 Å². The minimum Gasteiger partial charge on any atom is -0.317 e. The zero-order valence-corrected chi connectivity index (χ0v) is 6.09. The molecule has 1 unspecified atom stereocenters. The summed E-state index contributed by atoms with van der Waals surface area (Å²) < 4.78 is 0. The molecule has 0 aromatic heterocycles. The molecular weight excluding hydrogens is 114 g/mol. The van der Waals surface area contributed by atoms with Crippen LogP contribution in [0.3, 0.4) is 0 Å². The van der Waals surface area contributed by atoms with Crippen LogP contribution >= 0.6 is 0 Å². The predicted octanol–water partition coefficient (Wildman–Crippen LogP) is 1.57. The van der Waals surface area contributed by atoms with E-state index in [1.165, 1.54) is 0 Å². The number of rotatable bonds is 4. The summed E-state index contributed by atoms with van der Waals surface area (Å²) in [6.07, 6.45) is 5.25. The maximum Gasteiger partial charge on any atom is 0.0267 e. The van der Waals surface area contributed by atoms with E-state index in [1.54, 1.807) is 0 Å². The SMILES string of the molecule is CC/C=C\C(C)CNO. The van der Waals surface area contributed by atoms with Gasteiger partial charge in [0, 0.05) is 6.54 Å². The Morgan fingerprint density at radius 3 is 2.78 bits per heavy atom. The molecule has 0 aliphatic heterocycles. The molecule has 54 valence electrons. The molecule has 2 heteroatoms. The molecule has 9 heavy (non-hydrogen) atoms. The zero-order chi connectivity index (χ0) is 7.11. The van der Waals surface area contributed by atoms with E-state index in [4.69, 9.17) is 5.21 Å². The van der Waals surface area contributed by atoms with Crippen LogP contribution in [-0.2, 0) is 0 Å². The van der Waals surface area contributed by atoms with Gasteiger partial charge < -0.3 is 5.21 Å². The lowest BCUT2D eigenvalue weighted by Crippen LogP contribution is -2.14. The van der Waals surface area contributed by atoms with Crippen LogP contribution in [0.2, 0.25) is 0 Å². The van der Waals surface area contributed by atoms with Crippen molar-refractivity contribution in [1.29, 1.82) is 0 Å². The molecule has 0 heterocycles. The number of hydroxylamine groups is 1. The highest BCUT2D eigenvalue weighted by atomic mass is 16.5. The molecule has 0 amide bonds. The lowest BCUT2D eigenvalue weighted by atomic mass is 10.1. The number of hydrogen-bond donors (Lipinski definition) is 2. The maximum absolute atomic E-state index is 8.25. The largest absolute Gasteiger partial charge is 0.317 e. The van der Waals surface area contributed by atoms with Crippen LogP contribution in [0.5, 0.6) is 0 Å². The van der Waals surface area contributed by atoms with E-state index >= 15 is 0 Å². The smallest absolute Gasteiger partial charge is 0.0267 e. The number of nitrogens with one attached hydrogen (secondary N) is 1. The van der Waals surface area contributed by atoms with Gasteiger partial charge in [-0.1, -0.05) is 26.0 Å². The highest BCUT2D eigenvalue weighted by Crippen LogP contribution is 1.94. The van der Waals surface area contributed by atoms with E-state index in [1.807, 2.05) is 0 Å². The van der Waals surface area contributed by atoms with Crippen molar-refractivity contribution in [2.45, 2.75) is 20.3 Å². The van der Waals surface area contributed by atoms with E-state index in [9.17, 15) is 0 Å². The van der Waals surface area contributed by atoms with Crippen molar-refractivity contribution in [2.24, 2.45) is 5.92 Å². The fourth-order valence-corrected chi connectivity index (χ4v) is 0.580. The third-order valence-corrected chi connectivity index (χ3v) is 1.11. The van der Waals surface area contributed by atoms with Crippen molar-refractivity contribution in [3.05, 3.63) is 12.2 Å². The van der Waals surface area contributed by atoms with Gasteiger partial charge in [0.2, 0.25) is 0 Å². The zero-order valence-electron chi connectivity index (χ0n) is 6.09. The van der Waals surface area contributed by atoms with Crippen LogP contribution in [0.4, 0.5) is 0 Å². The molecule has 0 bridgehead atoms. The molecule has 0 saturated heterocycles. The minimum absolute atomic E-state index is 0.426.